The Morgan fingerprint density at radius 3 is 2.67 bits per heavy atom. The van der Waals surface area contributed by atoms with Crippen molar-refractivity contribution in [3.8, 4) is 0 Å². The molecule has 2 N–H and O–H groups in total. The maximum atomic E-state index is 13.7. The van der Waals surface area contributed by atoms with Crippen molar-refractivity contribution < 1.29 is 31.5 Å². The van der Waals surface area contributed by atoms with Gasteiger partial charge in [-0.25, -0.2) is 14.8 Å². The Balaban J connectivity index is 1.96. The van der Waals surface area contributed by atoms with Crippen LogP contribution in [0.25, 0.3) is 0 Å². The molecular formula is C17H18F5N5O2S. The summed E-state index contributed by atoms with van der Waals surface area (Å²) in [5.74, 6) is -6.25. The molecule has 0 radical (unpaired) electrons. The Morgan fingerprint density at radius 2 is 2.07 bits per heavy atom. The van der Waals surface area contributed by atoms with Crippen LogP contribution in [0, 0.1) is 0 Å². The number of H-pyrrole nitrogens is 1. The third-order valence-electron chi connectivity index (χ3n) is 4.38. The van der Waals surface area contributed by atoms with E-state index in [2.05, 4.69) is 25.1 Å². The van der Waals surface area contributed by atoms with Gasteiger partial charge in [-0.3, -0.25) is 10.4 Å². The van der Waals surface area contributed by atoms with Crippen molar-refractivity contribution >= 4 is 29.4 Å². The monoisotopic (exact) mass is 451 g/mol. The highest BCUT2D eigenvalue weighted by Gasteiger charge is 2.61. The number of thioether (sulfide) groups is 1. The minimum Gasteiger partial charge on any atom is -0.465 e. The van der Waals surface area contributed by atoms with Gasteiger partial charge >= 0.3 is 18.1 Å². The zero-order chi connectivity index (χ0) is 22.3. The number of nitrogens with zero attached hydrogens (tertiary/aromatic N) is 3. The van der Waals surface area contributed by atoms with Crippen molar-refractivity contribution in [3.05, 3.63) is 29.3 Å². The molecule has 2 aromatic heterocycles. The molecule has 1 aliphatic rings. The Hall–Kier alpha value is -2.57. The quantitative estimate of drug-likeness (QED) is 0.402. The molecule has 0 bridgehead atoms. The number of hydrogen-bond donors (Lipinski definition) is 2. The minimum absolute atomic E-state index is 0.125. The summed E-state index contributed by atoms with van der Waals surface area (Å²) in [6.45, 7) is 3.64. The van der Waals surface area contributed by atoms with Crippen molar-refractivity contribution in [2.45, 2.75) is 43.3 Å². The number of alkyl halides is 5. The van der Waals surface area contributed by atoms with Gasteiger partial charge < -0.3 is 9.72 Å². The predicted molar refractivity (Wildman–Crippen MR) is 99.8 cm³/mol. The number of hydrazine groups is 1. The maximum absolute atomic E-state index is 13.7. The van der Waals surface area contributed by atoms with Gasteiger partial charge in [-0.05, 0) is 18.7 Å². The molecular weight excluding hydrogens is 433 g/mol. The lowest BCUT2D eigenvalue weighted by Crippen LogP contribution is -2.44. The van der Waals surface area contributed by atoms with Crippen molar-refractivity contribution in [1.82, 2.24) is 15.0 Å². The molecule has 30 heavy (non-hydrogen) atoms. The number of carbonyl (C=O) groups excluding carboxylic acids is 1. The predicted octanol–water partition coefficient (Wildman–Crippen LogP) is 4.14. The van der Waals surface area contributed by atoms with Gasteiger partial charge in [-0.1, -0.05) is 6.92 Å². The van der Waals surface area contributed by atoms with Crippen LogP contribution >= 0.6 is 11.8 Å². The summed E-state index contributed by atoms with van der Waals surface area (Å²) >= 11 is 1.38. The summed E-state index contributed by atoms with van der Waals surface area (Å²) in [5, 5.41) is 1.53. The first-order valence-corrected chi connectivity index (χ1v) is 9.79. The van der Waals surface area contributed by atoms with Crippen LogP contribution in [0.15, 0.2) is 17.2 Å². The first-order chi connectivity index (χ1) is 14.0. The van der Waals surface area contributed by atoms with E-state index >= 15 is 0 Å². The number of anilines is 2. The van der Waals surface area contributed by atoms with Gasteiger partial charge in [0.1, 0.15) is 0 Å². The number of pyridine rings is 1. The summed E-state index contributed by atoms with van der Waals surface area (Å²) in [6, 6.07) is 1.22. The number of nitrogens with one attached hydrogen (secondary N) is 2. The van der Waals surface area contributed by atoms with Crippen LogP contribution in [0.3, 0.4) is 0 Å². The van der Waals surface area contributed by atoms with Gasteiger partial charge in [0.2, 0.25) is 0 Å². The molecule has 1 atom stereocenters. The largest absolute Gasteiger partial charge is 0.465 e. The SMILES string of the molecule is CCSc1cc(C(=O)OC)cnc1N1Nc2nc(C(F)(F)C(F)(F)F)[nH]c2CC1C. The van der Waals surface area contributed by atoms with Crippen molar-refractivity contribution in [1.29, 1.82) is 0 Å². The van der Waals surface area contributed by atoms with Gasteiger partial charge in [-0.15, -0.1) is 11.8 Å². The Morgan fingerprint density at radius 1 is 1.37 bits per heavy atom. The van der Waals surface area contributed by atoms with E-state index in [0.717, 1.165) is 0 Å². The zero-order valence-electron chi connectivity index (χ0n) is 16.1. The van der Waals surface area contributed by atoms with Crippen LogP contribution in [0.1, 0.15) is 35.7 Å². The molecule has 0 fully saturated rings. The molecule has 0 aromatic carbocycles. The molecule has 0 amide bonds. The van der Waals surface area contributed by atoms with Gasteiger partial charge in [0.25, 0.3) is 0 Å². The maximum Gasteiger partial charge on any atom is 0.461 e. The smallest absolute Gasteiger partial charge is 0.461 e. The lowest BCUT2D eigenvalue weighted by atomic mass is 10.1. The molecule has 0 spiro atoms. The molecule has 3 heterocycles. The molecule has 164 valence electrons. The molecule has 7 nitrogen and oxygen atoms in total. The number of aromatic amines is 1. The second kappa shape index (κ2) is 7.93. The van der Waals surface area contributed by atoms with Crippen LogP contribution in [0.4, 0.5) is 33.6 Å². The second-order valence-electron chi connectivity index (χ2n) is 6.49. The van der Waals surface area contributed by atoms with Crippen LogP contribution < -0.4 is 10.4 Å². The fraction of sp³-hybridized carbons (Fsp3) is 0.471. The molecule has 1 unspecified atom stereocenters. The minimum atomic E-state index is -5.77. The summed E-state index contributed by atoms with van der Waals surface area (Å²) in [5.41, 5.74) is 3.13. The average Bonchev–Trinajstić information content (AvgIpc) is 3.09. The molecule has 2 aromatic rings. The number of halogens is 5. The van der Waals surface area contributed by atoms with Crippen LogP contribution in [0.5, 0.6) is 0 Å². The first kappa shape index (κ1) is 22.1. The number of methoxy groups -OCH3 is 1. The van der Waals surface area contributed by atoms with Crippen molar-refractivity contribution in [2.75, 3.05) is 23.3 Å². The lowest BCUT2D eigenvalue weighted by molar-refractivity contribution is -0.292. The highest BCUT2D eigenvalue weighted by molar-refractivity contribution is 7.99. The molecule has 0 aliphatic carbocycles. The van der Waals surface area contributed by atoms with E-state index in [-0.39, 0.29) is 29.5 Å². The van der Waals surface area contributed by atoms with E-state index in [1.54, 1.807) is 13.0 Å². The highest BCUT2D eigenvalue weighted by atomic mass is 32.2. The Bertz CT molecular complexity index is 949. The number of aromatic nitrogens is 3. The Kier molecular flexibility index (Phi) is 5.85. The summed E-state index contributed by atoms with van der Waals surface area (Å²) < 4.78 is 70.1. The van der Waals surface area contributed by atoms with Gasteiger partial charge in [-0.2, -0.15) is 22.0 Å². The number of carbonyl (C=O) groups is 1. The number of hydrogen-bond acceptors (Lipinski definition) is 7. The van der Waals surface area contributed by atoms with E-state index in [1.165, 1.54) is 30.1 Å². The van der Waals surface area contributed by atoms with Crippen molar-refractivity contribution in [2.24, 2.45) is 0 Å². The third kappa shape index (κ3) is 3.89. The molecule has 0 saturated heterocycles. The van der Waals surface area contributed by atoms with Gasteiger partial charge in [0.05, 0.1) is 29.3 Å². The molecule has 13 heteroatoms. The zero-order valence-corrected chi connectivity index (χ0v) is 16.9. The van der Waals surface area contributed by atoms with E-state index in [1.807, 2.05) is 6.92 Å². The topological polar surface area (TPSA) is 83.1 Å². The van der Waals surface area contributed by atoms with Crippen LogP contribution in [-0.2, 0) is 17.1 Å². The van der Waals surface area contributed by atoms with E-state index in [4.69, 9.17) is 0 Å². The van der Waals surface area contributed by atoms with E-state index in [0.29, 0.717) is 16.5 Å². The fourth-order valence-electron chi connectivity index (χ4n) is 2.91. The Labute approximate surface area is 172 Å². The summed E-state index contributed by atoms with van der Waals surface area (Å²) in [4.78, 5) is 22.2. The number of fused-ring (bicyclic) bond motifs is 1. The number of esters is 1. The number of imidazole rings is 1. The van der Waals surface area contributed by atoms with Crippen LogP contribution in [-0.4, -0.2) is 46.0 Å². The molecule has 0 saturated carbocycles. The van der Waals surface area contributed by atoms with E-state index < -0.39 is 23.9 Å². The number of rotatable bonds is 5. The molecule has 1 aliphatic heterocycles. The summed E-state index contributed by atoms with van der Waals surface area (Å²) in [6.07, 6.45) is -4.34. The van der Waals surface area contributed by atoms with Gasteiger partial charge in [0.15, 0.2) is 17.5 Å². The average molecular weight is 451 g/mol. The normalized spacial score (nSPS) is 16.8. The number of ether oxygens (including phenoxy) is 1. The second-order valence-corrected chi connectivity index (χ2v) is 7.80. The fourth-order valence-corrected chi connectivity index (χ4v) is 3.72. The first-order valence-electron chi connectivity index (χ1n) is 8.80. The van der Waals surface area contributed by atoms with Crippen LogP contribution in [0.2, 0.25) is 0 Å². The van der Waals surface area contributed by atoms with Crippen molar-refractivity contribution in [3.63, 3.8) is 0 Å². The lowest BCUT2D eigenvalue weighted by Gasteiger charge is -2.35. The van der Waals surface area contributed by atoms with E-state index in [9.17, 15) is 26.7 Å². The van der Waals surface area contributed by atoms with Gasteiger partial charge in [0, 0.05) is 12.6 Å². The molecule has 3 rings (SSSR count). The highest BCUT2D eigenvalue weighted by Crippen LogP contribution is 2.44. The third-order valence-corrected chi connectivity index (χ3v) is 5.28. The summed E-state index contributed by atoms with van der Waals surface area (Å²) in [7, 11) is 1.24. The standard InChI is InChI=1S/C17H18F5N5O2S/c1-4-30-11-6-9(14(28)29-3)7-23-13(11)27-8(2)5-10-12(26-27)25-15(24-10)16(18,19)17(20,21)22/h6-8,26H,4-5H2,1-3H3,(H,24,25).